The standard InChI is InChI=1S/12H3O3P.V/c12*1-4(2)3;/h12*4H,(H2,1,2,3);. The summed E-state index contributed by atoms with van der Waals surface area (Å²) in [6.45, 7) is 0. The van der Waals surface area contributed by atoms with Gasteiger partial charge in [-0.05, 0) is 0 Å². The Hall–Kier alpha value is 2.38. The van der Waals surface area contributed by atoms with Crippen molar-refractivity contribution in [3.8, 4) is 0 Å². The van der Waals surface area contributed by atoms with E-state index < -0.39 is 99.1 Å². The zero-order valence-electron chi connectivity index (χ0n) is 22.1. The SMILES string of the molecule is O=[PH](O)O.O=[PH](O)O.O=[PH](O)O.O=[PH](O)O.O=[PH](O)O.O=[PH](O)O.O=[PH](O)O.O=[PH](O)O.O=[PH](O)O.O=[PH](O)O.O=[PH](O)O.O=[PH](O)O.[V]. The van der Waals surface area contributed by atoms with Crippen LogP contribution in [-0.2, 0) is 73.3 Å². The van der Waals surface area contributed by atoms with E-state index in [0.717, 1.165) is 0 Å². The Labute approximate surface area is 289 Å². The summed E-state index contributed by atoms with van der Waals surface area (Å²) in [7, 11) is -37.6. The van der Waals surface area contributed by atoms with Gasteiger partial charge in [-0.3, -0.25) is 54.8 Å². The fraction of sp³-hybridized carbons (Fsp3) is 0. The number of rotatable bonds is 0. The van der Waals surface area contributed by atoms with Gasteiger partial charge in [0, 0.05) is 18.6 Å². The molecular formula is H36O36P12V. The third-order valence-electron chi connectivity index (χ3n) is 0. The van der Waals surface area contributed by atoms with Gasteiger partial charge in [0.2, 0.25) is 0 Å². The summed E-state index contributed by atoms with van der Waals surface area (Å²) in [4.78, 5) is 172. The third-order valence-corrected chi connectivity index (χ3v) is 0. The van der Waals surface area contributed by atoms with Crippen LogP contribution in [0.4, 0.5) is 0 Å². The van der Waals surface area contributed by atoms with Gasteiger partial charge >= 0.3 is 99.1 Å². The average Bonchev–Trinajstić information content (AvgIpc) is 2.61. The zero-order chi connectivity index (χ0) is 42.9. The first-order chi connectivity index (χ1) is 20.8. The largest absolute Gasteiger partial charge is 0.326 e. The first-order valence-corrected chi connectivity index (χ1v) is 23.4. The summed E-state index contributed by atoms with van der Waals surface area (Å²) in [5.74, 6) is 0. The van der Waals surface area contributed by atoms with Crippen LogP contribution in [-0.4, -0.2) is 117 Å². The van der Waals surface area contributed by atoms with Gasteiger partial charge in [0.1, 0.15) is 0 Å². The molecule has 0 saturated heterocycles. The Morgan fingerprint density at radius 3 is 0.143 bits per heavy atom. The van der Waals surface area contributed by atoms with E-state index in [1.807, 2.05) is 0 Å². The van der Waals surface area contributed by atoms with Crippen LogP contribution in [0.3, 0.4) is 0 Å². The first kappa shape index (κ1) is 88.5. The summed E-state index contributed by atoms with van der Waals surface area (Å²) >= 11 is 0. The van der Waals surface area contributed by atoms with Crippen molar-refractivity contribution in [2.45, 2.75) is 0 Å². The predicted octanol–water partition coefficient (Wildman–Crippen LogP) is -7.67. The van der Waals surface area contributed by atoms with E-state index in [-0.39, 0.29) is 18.6 Å². The van der Waals surface area contributed by atoms with E-state index in [0.29, 0.717) is 0 Å². The molecule has 0 aromatic rings. The maximum atomic E-state index is 8.74. The molecule has 0 aliphatic heterocycles. The molecule has 49 heavy (non-hydrogen) atoms. The van der Waals surface area contributed by atoms with E-state index in [1.54, 1.807) is 0 Å². The van der Waals surface area contributed by atoms with Crippen molar-refractivity contribution in [1.82, 2.24) is 0 Å². The second-order valence-corrected chi connectivity index (χ2v) is 10.2. The zero-order valence-corrected chi connectivity index (χ0v) is 35.5. The van der Waals surface area contributed by atoms with Crippen LogP contribution in [0.25, 0.3) is 0 Å². The minimum Gasteiger partial charge on any atom is -0.326 e. The molecule has 36 nitrogen and oxygen atoms in total. The van der Waals surface area contributed by atoms with Crippen molar-refractivity contribution in [2.75, 3.05) is 0 Å². The van der Waals surface area contributed by atoms with Crippen LogP contribution in [0.5, 0.6) is 0 Å². The molecule has 1 radical (unpaired) electrons. The van der Waals surface area contributed by atoms with Crippen molar-refractivity contribution in [2.24, 2.45) is 0 Å². The van der Waals surface area contributed by atoms with E-state index >= 15 is 0 Å². The molecule has 24 N–H and O–H groups in total. The van der Waals surface area contributed by atoms with Gasteiger partial charge < -0.3 is 117 Å². The second kappa shape index (κ2) is 83.4. The van der Waals surface area contributed by atoms with Crippen molar-refractivity contribution < 1.29 is 191 Å². The number of hydrogen-bond donors (Lipinski definition) is 24. The Morgan fingerprint density at radius 1 is 0.143 bits per heavy atom. The summed E-state index contributed by atoms with van der Waals surface area (Å²) in [6.07, 6.45) is 0. The summed E-state index contributed by atoms with van der Waals surface area (Å²) in [6, 6.07) is 0. The summed E-state index contributed by atoms with van der Waals surface area (Å²) < 4.78 is 105. The van der Waals surface area contributed by atoms with E-state index in [9.17, 15) is 0 Å². The van der Waals surface area contributed by atoms with Gasteiger partial charge in [0.25, 0.3) is 0 Å². The normalized spacial score (nSPS) is 8.57. The molecule has 0 aromatic heterocycles. The van der Waals surface area contributed by atoms with Crippen LogP contribution in [0, 0.1) is 0 Å². The molecule has 0 atom stereocenters. The molecule has 0 spiro atoms. The molecule has 0 aliphatic rings. The van der Waals surface area contributed by atoms with Crippen LogP contribution >= 0.6 is 99.1 Å². The predicted molar refractivity (Wildman–Crippen MR) is 161 cm³/mol. The monoisotopic (exact) mass is 1030 g/mol. The van der Waals surface area contributed by atoms with E-state index in [4.69, 9.17) is 172 Å². The molecule has 0 saturated carbocycles. The first-order valence-electron chi connectivity index (χ1n) is 7.82. The maximum Gasteiger partial charge on any atom is 0.314 e. The quantitative estimate of drug-likeness (QED) is 0.100. The molecule has 0 amide bonds. The average molecular weight is 1030 g/mol. The van der Waals surface area contributed by atoms with Gasteiger partial charge in [0.15, 0.2) is 0 Å². The van der Waals surface area contributed by atoms with Gasteiger partial charge in [-0.15, -0.1) is 0 Å². The Morgan fingerprint density at radius 2 is 0.143 bits per heavy atom. The minimum absolute atomic E-state index is 0. The fourth-order valence-corrected chi connectivity index (χ4v) is 0. The minimum atomic E-state index is -3.13. The number of hydrogen-bond acceptors (Lipinski definition) is 12. The Balaban J connectivity index is -0.0000000262. The second-order valence-electron chi connectivity index (χ2n) is 3.39. The van der Waals surface area contributed by atoms with Gasteiger partial charge in [-0.1, -0.05) is 0 Å². The van der Waals surface area contributed by atoms with Gasteiger partial charge in [-0.25, -0.2) is 0 Å². The Bertz CT molecular complexity index is 580. The molecule has 0 fully saturated rings. The van der Waals surface area contributed by atoms with Crippen molar-refractivity contribution in [3.63, 3.8) is 0 Å². The maximum absolute atomic E-state index is 8.74. The molecule has 317 valence electrons. The van der Waals surface area contributed by atoms with Crippen molar-refractivity contribution >= 4 is 99.1 Å². The molecule has 0 unspecified atom stereocenters. The molecule has 0 aliphatic carbocycles. The van der Waals surface area contributed by atoms with Crippen molar-refractivity contribution in [1.29, 1.82) is 0 Å². The molecule has 0 rings (SSSR count). The van der Waals surface area contributed by atoms with Crippen LogP contribution < -0.4 is 0 Å². The topological polar surface area (TPSA) is 690 Å². The Kier molecular flexibility index (Phi) is 151. The summed E-state index contributed by atoms with van der Waals surface area (Å²) in [5.41, 5.74) is 0. The smallest absolute Gasteiger partial charge is 0.314 e. The molecule has 0 bridgehead atoms. The van der Waals surface area contributed by atoms with Crippen LogP contribution in [0.1, 0.15) is 0 Å². The molecule has 0 aromatic carbocycles. The molecule has 0 heterocycles. The van der Waals surface area contributed by atoms with E-state index in [2.05, 4.69) is 0 Å². The summed E-state index contributed by atoms with van der Waals surface area (Å²) in [5, 5.41) is 0. The van der Waals surface area contributed by atoms with Crippen molar-refractivity contribution in [3.05, 3.63) is 0 Å². The fourth-order valence-electron chi connectivity index (χ4n) is 0. The molecular weight excluding hydrogens is 999 g/mol. The van der Waals surface area contributed by atoms with E-state index in [1.165, 1.54) is 0 Å². The van der Waals surface area contributed by atoms with Gasteiger partial charge in [0.05, 0.1) is 0 Å². The third kappa shape index (κ3) is 20700. The van der Waals surface area contributed by atoms with Crippen LogP contribution in [0.2, 0.25) is 0 Å². The van der Waals surface area contributed by atoms with Crippen LogP contribution in [0.15, 0.2) is 0 Å². The van der Waals surface area contributed by atoms with Gasteiger partial charge in [-0.2, -0.15) is 0 Å². The molecule has 49 heteroatoms.